The molecule has 1 aromatic carbocycles. The van der Waals surface area contributed by atoms with Gasteiger partial charge in [-0.05, 0) is 67.6 Å². The first kappa shape index (κ1) is 20.7. The summed E-state index contributed by atoms with van der Waals surface area (Å²) in [5, 5.41) is 9.91. The minimum atomic E-state index is 0.276. The average molecular weight is 404 g/mol. The maximum Gasteiger partial charge on any atom is 0.135 e. The van der Waals surface area contributed by atoms with Crippen LogP contribution in [-0.4, -0.2) is 23.1 Å². The molecule has 4 rings (SSSR count). The smallest absolute Gasteiger partial charge is 0.135 e. The minimum Gasteiger partial charge on any atom is -0.398 e. The summed E-state index contributed by atoms with van der Waals surface area (Å²) in [5.74, 6) is 2.74. The SMILES string of the molecule is CCc1nc2c(c(N(C)C3CC3)n1)CCC(c1c([C@@H](C)CC)ccc(N)c1C#N)C2. The van der Waals surface area contributed by atoms with Crippen LogP contribution in [0.25, 0.3) is 0 Å². The van der Waals surface area contributed by atoms with Crippen LogP contribution in [0, 0.1) is 11.3 Å². The fraction of sp³-hybridized carbons (Fsp3) is 0.560. The molecule has 1 fully saturated rings. The molecule has 0 radical (unpaired) electrons. The van der Waals surface area contributed by atoms with Gasteiger partial charge in [-0.25, -0.2) is 9.97 Å². The third kappa shape index (κ3) is 3.64. The monoisotopic (exact) mass is 403 g/mol. The van der Waals surface area contributed by atoms with Crippen LogP contribution in [0.4, 0.5) is 11.5 Å². The van der Waals surface area contributed by atoms with Gasteiger partial charge in [0.1, 0.15) is 17.7 Å². The predicted molar refractivity (Wildman–Crippen MR) is 122 cm³/mol. The zero-order valence-electron chi connectivity index (χ0n) is 18.7. The van der Waals surface area contributed by atoms with E-state index in [4.69, 9.17) is 15.7 Å². The lowest BCUT2D eigenvalue weighted by molar-refractivity contribution is 0.554. The number of benzene rings is 1. The van der Waals surface area contributed by atoms with Gasteiger partial charge in [0.15, 0.2) is 0 Å². The van der Waals surface area contributed by atoms with Crippen molar-refractivity contribution in [3.63, 3.8) is 0 Å². The van der Waals surface area contributed by atoms with Crippen molar-refractivity contribution in [2.75, 3.05) is 17.7 Å². The zero-order valence-corrected chi connectivity index (χ0v) is 18.7. The van der Waals surface area contributed by atoms with Crippen molar-refractivity contribution in [2.24, 2.45) is 0 Å². The maximum absolute atomic E-state index is 9.91. The molecule has 0 bridgehead atoms. The van der Waals surface area contributed by atoms with E-state index in [0.717, 1.165) is 49.3 Å². The highest BCUT2D eigenvalue weighted by molar-refractivity contribution is 5.63. The Morgan fingerprint density at radius 1 is 1.23 bits per heavy atom. The normalized spacial score (nSPS) is 19.1. The highest BCUT2D eigenvalue weighted by Crippen LogP contribution is 2.42. The largest absolute Gasteiger partial charge is 0.398 e. The third-order valence-electron chi connectivity index (χ3n) is 7.02. The van der Waals surface area contributed by atoms with Crippen LogP contribution in [-0.2, 0) is 19.3 Å². The summed E-state index contributed by atoms with van der Waals surface area (Å²) >= 11 is 0. The molecular formula is C25H33N5. The summed E-state index contributed by atoms with van der Waals surface area (Å²) < 4.78 is 0. The van der Waals surface area contributed by atoms with Crippen LogP contribution in [0.2, 0.25) is 0 Å². The Morgan fingerprint density at radius 2 is 2.00 bits per heavy atom. The van der Waals surface area contributed by atoms with E-state index in [1.54, 1.807) is 0 Å². The molecule has 2 aromatic rings. The fourth-order valence-electron chi connectivity index (χ4n) is 4.84. The number of aryl methyl sites for hydroxylation is 1. The van der Waals surface area contributed by atoms with Crippen LogP contribution in [0.5, 0.6) is 0 Å². The number of rotatable bonds is 6. The Morgan fingerprint density at radius 3 is 2.63 bits per heavy atom. The lowest BCUT2D eigenvalue weighted by Crippen LogP contribution is -2.27. The summed E-state index contributed by atoms with van der Waals surface area (Å²) in [6.45, 7) is 6.57. The Bertz CT molecular complexity index is 986. The van der Waals surface area contributed by atoms with Crippen molar-refractivity contribution in [1.82, 2.24) is 9.97 Å². The van der Waals surface area contributed by atoms with Crippen LogP contribution in [0.3, 0.4) is 0 Å². The molecule has 2 aliphatic carbocycles. The number of aromatic nitrogens is 2. The molecule has 1 saturated carbocycles. The van der Waals surface area contributed by atoms with E-state index < -0.39 is 0 Å². The minimum absolute atomic E-state index is 0.276. The zero-order chi connectivity index (χ0) is 21.4. The van der Waals surface area contributed by atoms with Gasteiger partial charge in [0, 0.05) is 30.8 Å². The second-order valence-corrected chi connectivity index (χ2v) is 8.98. The van der Waals surface area contributed by atoms with Crippen molar-refractivity contribution in [3.8, 4) is 6.07 Å². The molecule has 30 heavy (non-hydrogen) atoms. The molecule has 0 spiro atoms. The van der Waals surface area contributed by atoms with E-state index >= 15 is 0 Å². The summed E-state index contributed by atoms with van der Waals surface area (Å²) in [6, 6.07) is 7.08. The Kier molecular flexibility index (Phi) is 5.69. The first-order valence-corrected chi connectivity index (χ1v) is 11.4. The average Bonchev–Trinajstić information content (AvgIpc) is 3.62. The highest BCUT2D eigenvalue weighted by atomic mass is 15.2. The van der Waals surface area contributed by atoms with E-state index in [9.17, 15) is 5.26 Å². The van der Waals surface area contributed by atoms with E-state index in [-0.39, 0.29) is 5.92 Å². The van der Waals surface area contributed by atoms with Crippen molar-refractivity contribution in [2.45, 2.75) is 83.6 Å². The van der Waals surface area contributed by atoms with E-state index in [1.165, 1.54) is 29.7 Å². The summed E-state index contributed by atoms with van der Waals surface area (Å²) in [7, 11) is 2.18. The standard InChI is InChI=1S/C25H33N5/c1-5-15(3)18-11-12-21(27)20(14-26)24(18)16-7-10-19-22(13-16)28-23(6-2)29-25(19)30(4)17-8-9-17/h11-12,15-17H,5-10,13,27H2,1-4H3/t15-,16?/m0/s1. The number of anilines is 2. The van der Waals surface area contributed by atoms with Gasteiger partial charge in [0.2, 0.25) is 0 Å². The predicted octanol–water partition coefficient (Wildman–Crippen LogP) is 4.88. The number of nitrogens with two attached hydrogens (primary N) is 1. The second-order valence-electron chi connectivity index (χ2n) is 8.98. The number of hydrogen-bond donors (Lipinski definition) is 1. The maximum atomic E-state index is 9.91. The van der Waals surface area contributed by atoms with Crippen molar-refractivity contribution >= 4 is 11.5 Å². The van der Waals surface area contributed by atoms with Gasteiger partial charge < -0.3 is 10.6 Å². The van der Waals surface area contributed by atoms with Gasteiger partial charge in [-0.3, -0.25) is 0 Å². The van der Waals surface area contributed by atoms with Gasteiger partial charge in [0.05, 0.1) is 11.3 Å². The molecule has 0 saturated heterocycles. The van der Waals surface area contributed by atoms with Crippen LogP contribution >= 0.6 is 0 Å². The van der Waals surface area contributed by atoms with Crippen molar-refractivity contribution in [3.05, 3.63) is 45.9 Å². The highest BCUT2D eigenvalue weighted by Gasteiger charge is 2.33. The molecule has 158 valence electrons. The molecule has 1 heterocycles. The number of fused-ring (bicyclic) bond motifs is 1. The topological polar surface area (TPSA) is 78.8 Å². The van der Waals surface area contributed by atoms with E-state index in [1.807, 2.05) is 6.07 Å². The second kappa shape index (κ2) is 8.26. The molecule has 1 aromatic heterocycles. The first-order valence-electron chi connectivity index (χ1n) is 11.4. The van der Waals surface area contributed by atoms with E-state index in [0.29, 0.717) is 23.2 Å². The Hall–Kier alpha value is -2.61. The van der Waals surface area contributed by atoms with Crippen molar-refractivity contribution in [1.29, 1.82) is 5.26 Å². The molecule has 0 amide bonds. The lowest BCUT2D eigenvalue weighted by atomic mass is 9.76. The molecule has 2 N–H and O–H groups in total. The van der Waals surface area contributed by atoms with E-state index in [2.05, 4.69) is 44.9 Å². The van der Waals surface area contributed by atoms with Gasteiger partial charge in [0.25, 0.3) is 0 Å². The first-order chi connectivity index (χ1) is 14.5. The number of nitriles is 1. The fourth-order valence-corrected chi connectivity index (χ4v) is 4.84. The summed E-state index contributed by atoms with van der Waals surface area (Å²) in [5.41, 5.74) is 12.4. The molecule has 5 nitrogen and oxygen atoms in total. The summed E-state index contributed by atoms with van der Waals surface area (Å²) in [6.07, 6.45) is 7.22. The van der Waals surface area contributed by atoms with Crippen LogP contribution < -0.4 is 10.6 Å². The number of nitrogen functional groups attached to an aromatic ring is 1. The van der Waals surface area contributed by atoms with Gasteiger partial charge in [-0.15, -0.1) is 0 Å². The molecule has 2 aliphatic rings. The molecular weight excluding hydrogens is 370 g/mol. The Labute approximate surface area is 180 Å². The molecule has 1 unspecified atom stereocenters. The van der Waals surface area contributed by atoms with Gasteiger partial charge in [-0.2, -0.15) is 5.26 Å². The van der Waals surface area contributed by atoms with Crippen LogP contribution in [0.15, 0.2) is 12.1 Å². The van der Waals surface area contributed by atoms with Gasteiger partial charge >= 0.3 is 0 Å². The third-order valence-corrected chi connectivity index (χ3v) is 7.02. The molecule has 0 aliphatic heterocycles. The van der Waals surface area contributed by atoms with Crippen LogP contribution in [0.1, 0.15) is 92.1 Å². The molecule has 5 heteroatoms. The Balaban J connectivity index is 1.78. The van der Waals surface area contributed by atoms with Crippen molar-refractivity contribution < 1.29 is 0 Å². The number of nitrogens with zero attached hydrogens (tertiary/aromatic N) is 4. The quantitative estimate of drug-likeness (QED) is 0.696. The lowest BCUT2D eigenvalue weighted by Gasteiger charge is -2.31. The molecule has 2 atom stereocenters. The van der Waals surface area contributed by atoms with Gasteiger partial charge in [-0.1, -0.05) is 26.8 Å². The number of hydrogen-bond acceptors (Lipinski definition) is 5. The summed E-state index contributed by atoms with van der Waals surface area (Å²) in [4.78, 5) is 12.2.